The van der Waals surface area contributed by atoms with E-state index in [1.165, 1.54) is 6.07 Å². The summed E-state index contributed by atoms with van der Waals surface area (Å²) in [5, 5.41) is 17.6. The highest BCUT2D eigenvalue weighted by Crippen LogP contribution is 2.05. The number of benzene rings is 1. The van der Waals surface area contributed by atoms with Gasteiger partial charge in [0.1, 0.15) is 12.5 Å². The second-order valence-corrected chi connectivity index (χ2v) is 2.26. The van der Waals surface area contributed by atoms with Crippen LogP contribution in [0.5, 0.6) is 5.75 Å². The third-order valence-electron chi connectivity index (χ3n) is 1.41. The van der Waals surface area contributed by atoms with Crippen LogP contribution in [0.4, 0.5) is 0 Å². The van der Waals surface area contributed by atoms with Crippen molar-refractivity contribution in [3.05, 3.63) is 24.3 Å². The van der Waals surface area contributed by atoms with Crippen molar-refractivity contribution in [1.29, 1.82) is 0 Å². The van der Waals surface area contributed by atoms with E-state index in [0.29, 0.717) is 11.2 Å². The van der Waals surface area contributed by atoms with E-state index in [1.807, 2.05) is 0 Å². The molecule has 4 nitrogen and oxygen atoms in total. The predicted molar refractivity (Wildman–Crippen MR) is 46.0 cm³/mol. The Balaban J connectivity index is 2.81. The second-order valence-electron chi connectivity index (χ2n) is 2.26. The van der Waals surface area contributed by atoms with Crippen LogP contribution in [0.2, 0.25) is 0 Å². The molecule has 1 aromatic carbocycles. The SMILES string of the molecule is NCOc1cccc(B(O)O)c1. The average Bonchev–Trinajstić information content (AvgIpc) is 2.05. The van der Waals surface area contributed by atoms with Crippen LogP contribution < -0.4 is 15.9 Å². The van der Waals surface area contributed by atoms with E-state index >= 15 is 0 Å². The van der Waals surface area contributed by atoms with Gasteiger partial charge in [-0.25, -0.2) is 0 Å². The summed E-state index contributed by atoms with van der Waals surface area (Å²) < 4.78 is 4.95. The first-order chi connectivity index (χ1) is 5.74. The minimum absolute atomic E-state index is 0.0744. The van der Waals surface area contributed by atoms with Crippen LogP contribution in [-0.4, -0.2) is 23.9 Å². The lowest BCUT2D eigenvalue weighted by Gasteiger charge is -2.04. The van der Waals surface area contributed by atoms with Gasteiger partial charge in [0.25, 0.3) is 0 Å². The Kier molecular flexibility index (Phi) is 3.10. The van der Waals surface area contributed by atoms with Crippen LogP contribution in [0, 0.1) is 0 Å². The second kappa shape index (κ2) is 4.11. The normalized spacial score (nSPS) is 9.58. The molecule has 0 bridgehead atoms. The van der Waals surface area contributed by atoms with Crippen molar-refractivity contribution >= 4 is 12.6 Å². The first-order valence-electron chi connectivity index (χ1n) is 3.53. The molecule has 0 fully saturated rings. The van der Waals surface area contributed by atoms with Crippen LogP contribution in [-0.2, 0) is 0 Å². The van der Waals surface area contributed by atoms with Gasteiger partial charge in [0.2, 0.25) is 0 Å². The molecule has 4 N–H and O–H groups in total. The largest absolute Gasteiger partial charge is 0.488 e. The Morgan fingerprint density at radius 3 is 2.75 bits per heavy atom. The maximum absolute atomic E-state index is 8.79. The maximum Gasteiger partial charge on any atom is 0.488 e. The summed E-state index contributed by atoms with van der Waals surface area (Å²) >= 11 is 0. The molecule has 0 aliphatic rings. The minimum atomic E-state index is -1.47. The molecular weight excluding hydrogens is 157 g/mol. The monoisotopic (exact) mass is 167 g/mol. The van der Waals surface area contributed by atoms with Crippen molar-refractivity contribution in [2.75, 3.05) is 6.73 Å². The van der Waals surface area contributed by atoms with E-state index in [4.69, 9.17) is 20.5 Å². The van der Waals surface area contributed by atoms with Crippen molar-refractivity contribution in [3.63, 3.8) is 0 Å². The van der Waals surface area contributed by atoms with Crippen molar-refractivity contribution in [2.24, 2.45) is 5.73 Å². The molecule has 1 rings (SSSR count). The van der Waals surface area contributed by atoms with E-state index in [0.717, 1.165) is 0 Å². The van der Waals surface area contributed by atoms with Gasteiger partial charge in [-0.15, -0.1) is 0 Å². The van der Waals surface area contributed by atoms with E-state index in [2.05, 4.69) is 0 Å². The molecule has 0 unspecified atom stereocenters. The number of rotatable bonds is 3. The first-order valence-corrected chi connectivity index (χ1v) is 3.53. The molecule has 0 saturated carbocycles. The lowest BCUT2D eigenvalue weighted by Crippen LogP contribution is -2.29. The van der Waals surface area contributed by atoms with Gasteiger partial charge in [0, 0.05) is 0 Å². The average molecular weight is 167 g/mol. The van der Waals surface area contributed by atoms with Crippen molar-refractivity contribution < 1.29 is 14.8 Å². The summed E-state index contributed by atoms with van der Waals surface area (Å²) in [6.45, 7) is 0.0744. The van der Waals surface area contributed by atoms with E-state index in [1.54, 1.807) is 18.2 Å². The van der Waals surface area contributed by atoms with E-state index < -0.39 is 7.12 Å². The molecule has 0 spiro atoms. The van der Waals surface area contributed by atoms with Crippen LogP contribution in [0.25, 0.3) is 0 Å². The Hall–Kier alpha value is -1.04. The molecule has 0 aliphatic heterocycles. The smallest absolute Gasteiger partial charge is 0.479 e. The summed E-state index contributed by atoms with van der Waals surface area (Å²) in [6.07, 6.45) is 0. The van der Waals surface area contributed by atoms with Gasteiger partial charge >= 0.3 is 7.12 Å². The lowest BCUT2D eigenvalue weighted by molar-refractivity contribution is 0.329. The zero-order chi connectivity index (χ0) is 8.97. The van der Waals surface area contributed by atoms with Crippen LogP contribution in [0.1, 0.15) is 0 Å². The molecule has 0 aliphatic carbocycles. The van der Waals surface area contributed by atoms with E-state index in [-0.39, 0.29) is 6.73 Å². The molecule has 0 heterocycles. The minimum Gasteiger partial charge on any atom is -0.479 e. The molecule has 12 heavy (non-hydrogen) atoms. The zero-order valence-corrected chi connectivity index (χ0v) is 6.47. The third kappa shape index (κ3) is 2.23. The van der Waals surface area contributed by atoms with Gasteiger partial charge < -0.3 is 14.8 Å². The van der Waals surface area contributed by atoms with Crippen LogP contribution in [0.15, 0.2) is 24.3 Å². The Bertz CT molecular complexity index is 254. The summed E-state index contributed by atoms with van der Waals surface area (Å²) in [7, 11) is -1.47. The van der Waals surface area contributed by atoms with Gasteiger partial charge in [0.05, 0.1) is 0 Å². The van der Waals surface area contributed by atoms with Crippen molar-refractivity contribution in [3.8, 4) is 5.75 Å². The van der Waals surface area contributed by atoms with Crippen LogP contribution >= 0.6 is 0 Å². The summed E-state index contributed by atoms with van der Waals surface area (Å²) in [6, 6.07) is 6.48. The first kappa shape index (κ1) is 9.06. The summed E-state index contributed by atoms with van der Waals surface area (Å²) in [4.78, 5) is 0. The number of ether oxygens (including phenoxy) is 1. The fraction of sp³-hybridized carbons (Fsp3) is 0.143. The number of hydrogen-bond acceptors (Lipinski definition) is 4. The van der Waals surface area contributed by atoms with Crippen LogP contribution in [0.3, 0.4) is 0 Å². The highest BCUT2D eigenvalue weighted by Gasteiger charge is 2.10. The van der Waals surface area contributed by atoms with Gasteiger partial charge in [-0.2, -0.15) is 0 Å². The van der Waals surface area contributed by atoms with Crippen molar-refractivity contribution in [1.82, 2.24) is 0 Å². The molecule has 0 radical (unpaired) electrons. The molecule has 64 valence electrons. The summed E-state index contributed by atoms with van der Waals surface area (Å²) in [5.74, 6) is 0.531. The molecule has 0 saturated heterocycles. The topological polar surface area (TPSA) is 75.7 Å². The van der Waals surface area contributed by atoms with Gasteiger partial charge in [-0.1, -0.05) is 12.1 Å². The molecule has 1 aromatic rings. The molecule has 0 aromatic heterocycles. The summed E-state index contributed by atoms with van der Waals surface area (Å²) in [5.41, 5.74) is 5.53. The number of hydrogen-bond donors (Lipinski definition) is 3. The lowest BCUT2D eigenvalue weighted by atomic mass is 9.80. The quantitative estimate of drug-likeness (QED) is 0.384. The molecular formula is C7H10BNO3. The number of nitrogens with two attached hydrogens (primary N) is 1. The van der Waals surface area contributed by atoms with Gasteiger partial charge in [0.15, 0.2) is 0 Å². The highest BCUT2D eigenvalue weighted by atomic mass is 16.5. The zero-order valence-electron chi connectivity index (χ0n) is 6.47. The fourth-order valence-electron chi connectivity index (χ4n) is 0.861. The van der Waals surface area contributed by atoms with Gasteiger partial charge in [-0.05, 0) is 17.6 Å². The highest BCUT2D eigenvalue weighted by molar-refractivity contribution is 6.58. The molecule has 5 heteroatoms. The Morgan fingerprint density at radius 1 is 1.42 bits per heavy atom. The predicted octanol–water partition coefficient (Wildman–Crippen LogP) is -1.34. The Labute approximate surface area is 70.7 Å². The standard InChI is InChI=1S/C7H10BNO3/c9-5-12-7-3-1-2-6(4-7)8(10)11/h1-4,10-11H,5,9H2. The molecule has 0 amide bonds. The fourth-order valence-corrected chi connectivity index (χ4v) is 0.861. The van der Waals surface area contributed by atoms with E-state index in [9.17, 15) is 0 Å². The maximum atomic E-state index is 8.79. The Morgan fingerprint density at radius 2 is 2.17 bits per heavy atom. The van der Waals surface area contributed by atoms with Gasteiger partial charge in [-0.3, -0.25) is 5.73 Å². The van der Waals surface area contributed by atoms with Crippen molar-refractivity contribution in [2.45, 2.75) is 0 Å². The molecule has 0 atom stereocenters. The third-order valence-corrected chi connectivity index (χ3v) is 1.41.